The second-order valence-corrected chi connectivity index (χ2v) is 3.96. The molecule has 0 fully saturated rings. The van der Waals surface area contributed by atoms with Crippen LogP contribution in [0.25, 0.3) is 0 Å². The number of nitrogen functional groups attached to an aromatic ring is 1. The van der Waals surface area contributed by atoms with Crippen LogP contribution in [0.4, 0.5) is 5.82 Å². The Labute approximate surface area is 102 Å². The van der Waals surface area contributed by atoms with E-state index in [1.807, 2.05) is 5.38 Å². The van der Waals surface area contributed by atoms with Gasteiger partial charge < -0.3 is 10.7 Å². The second-order valence-electron chi connectivity index (χ2n) is 3.24. The number of hydrogen-bond donors (Lipinski definition) is 3. The first kappa shape index (κ1) is 11.5. The van der Waals surface area contributed by atoms with Gasteiger partial charge in [-0.3, -0.25) is 4.79 Å². The van der Waals surface area contributed by atoms with Crippen molar-refractivity contribution in [2.24, 2.45) is 5.84 Å². The fraction of sp³-hybridized carbons (Fsp3) is 0.100. The normalized spacial score (nSPS) is 9.94. The van der Waals surface area contributed by atoms with Crippen molar-refractivity contribution in [1.29, 1.82) is 0 Å². The Hall–Kier alpha value is -1.99. The first-order valence-corrected chi connectivity index (χ1v) is 5.82. The summed E-state index contributed by atoms with van der Waals surface area (Å²) in [5, 5.41) is 4.65. The van der Waals surface area contributed by atoms with Crippen LogP contribution < -0.4 is 16.6 Å². The Morgan fingerprint density at radius 2 is 2.35 bits per heavy atom. The summed E-state index contributed by atoms with van der Waals surface area (Å²) < 4.78 is 0. The predicted molar refractivity (Wildman–Crippen MR) is 65.3 cm³/mol. The number of thiazole rings is 1. The molecule has 17 heavy (non-hydrogen) atoms. The average molecular weight is 249 g/mol. The van der Waals surface area contributed by atoms with Crippen molar-refractivity contribution >= 4 is 23.1 Å². The van der Waals surface area contributed by atoms with Gasteiger partial charge in [-0.05, 0) is 12.1 Å². The van der Waals surface area contributed by atoms with E-state index in [4.69, 9.17) is 5.84 Å². The van der Waals surface area contributed by atoms with E-state index >= 15 is 0 Å². The zero-order chi connectivity index (χ0) is 12.1. The highest BCUT2D eigenvalue weighted by Gasteiger charge is 2.06. The van der Waals surface area contributed by atoms with Crippen molar-refractivity contribution in [1.82, 2.24) is 15.3 Å². The van der Waals surface area contributed by atoms with Gasteiger partial charge in [0.25, 0.3) is 5.91 Å². The number of pyridine rings is 1. The fourth-order valence-corrected chi connectivity index (χ4v) is 1.81. The van der Waals surface area contributed by atoms with Gasteiger partial charge >= 0.3 is 0 Å². The highest BCUT2D eigenvalue weighted by molar-refractivity contribution is 7.07. The predicted octanol–water partition coefficient (Wildman–Crippen LogP) is 0.754. The Morgan fingerprint density at radius 3 is 3.06 bits per heavy atom. The molecule has 4 N–H and O–H groups in total. The van der Waals surface area contributed by atoms with Crippen LogP contribution in [0.1, 0.15) is 16.1 Å². The molecule has 0 bridgehead atoms. The van der Waals surface area contributed by atoms with Gasteiger partial charge in [-0.15, -0.1) is 11.3 Å². The topological polar surface area (TPSA) is 92.9 Å². The van der Waals surface area contributed by atoms with Gasteiger partial charge in [0.15, 0.2) is 0 Å². The smallest absolute Gasteiger partial charge is 0.251 e. The minimum Gasteiger partial charge on any atom is -0.346 e. The summed E-state index contributed by atoms with van der Waals surface area (Å²) >= 11 is 1.49. The molecule has 0 spiro atoms. The van der Waals surface area contributed by atoms with Gasteiger partial charge in [0.2, 0.25) is 0 Å². The van der Waals surface area contributed by atoms with E-state index in [2.05, 4.69) is 20.7 Å². The maximum atomic E-state index is 11.8. The molecule has 1 amide bonds. The summed E-state index contributed by atoms with van der Waals surface area (Å²) in [6.45, 7) is 0.413. The van der Waals surface area contributed by atoms with E-state index in [-0.39, 0.29) is 5.91 Å². The lowest BCUT2D eigenvalue weighted by Crippen LogP contribution is -2.23. The zero-order valence-electron chi connectivity index (χ0n) is 8.88. The number of anilines is 1. The Bertz CT molecular complexity index is 499. The molecular formula is C10H11N5OS. The number of hydrazine groups is 1. The Kier molecular flexibility index (Phi) is 3.63. The SMILES string of the molecule is NNc1cc(C(=O)NCc2cscn2)ccn1. The van der Waals surface area contributed by atoms with Crippen LogP contribution in [0.5, 0.6) is 0 Å². The molecular weight excluding hydrogens is 238 g/mol. The van der Waals surface area contributed by atoms with E-state index < -0.39 is 0 Å². The zero-order valence-corrected chi connectivity index (χ0v) is 9.70. The number of rotatable bonds is 4. The summed E-state index contributed by atoms with van der Waals surface area (Å²) in [7, 11) is 0. The number of carbonyl (C=O) groups is 1. The highest BCUT2D eigenvalue weighted by Crippen LogP contribution is 2.06. The van der Waals surface area contributed by atoms with Gasteiger partial charge in [-0.25, -0.2) is 15.8 Å². The molecule has 0 aliphatic heterocycles. The van der Waals surface area contributed by atoms with Crippen LogP contribution in [-0.2, 0) is 6.54 Å². The standard InChI is InChI=1S/C10H11N5OS/c11-15-9-3-7(1-2-12-9)10(16)13-4-8-5-17-6-14-8/h1-3,5-6H,4,11H2,(H,12,15)(H,13,16). The summed E-state index contributed by atoms with van der Waals surface area (Å²) in [4.78, 5) is 19.8. The van der Waals surface area contributed by atoms with Gasteiger partial charge in [-0.2, -0.15) is 0 Å². The van der Waals surface area contributed by atoms with Gasteiger partial charge in [0, 0.05) is 17.1 Å². The van der Waals surface area contributed by atoms with Crippen molar-refractivity contribution in [2.75, 3.05) is 5.43 Å². The lowest BCUT2D eigenvalue weighted by Gasteiger charge is -2.04. The summed E-state index contributed by atoms with van der Waals surface area (Å²) in [6.07, 6.45) is 1.52. The highest BCUT2D eigenvalue weighted by atomic mass is 32.1. The molecule has 0 unspecified atom stereocenters. The molecule has 2 aromatic rings. The lowest BCUT2D eigenvalue weighted by atomic mass is 10.2. The van der Waals surface area contributed by atoms with Crippen LogP contribution >= 0.6 is 11.3 Å². The van der Waals surface area contributed by atoms with E-state index in [0.717, 1.165) is 5.69 Å². The Balaban J connectivity index is 1.99. The minimum absolute atomic E-state index is 0.183. The van der Waals surface area contributed by atoms with E-state index in [1.165, 1.54) is 17.5 Å². The van der Waals surface area contributed by atoms with Crippen molar-refractivity contribution in [3.05, 3.63) is 40.5 Å². The number of aromatic nitrogens is 2. The molecule has 0 aliphatic carbocycles. The summed E-state index contributed by atoms with van der Waals surface area (Å²) in [5.74, 6) is 5.48. The summed E-state index contributed by atoms with van der Waals surface area (Å²) in [6, 6.07) is 3.20. The van der Waals surface area contributed by atoms with E-state index in [0.29, 0.717) is 17.9 Å². The van der Waals surface area contributed by atoms with Crippen molar-refractivity contribution in [2.45, 2.75) is 6.54 Å². The molecule has 0 aromatic carbocycles. The number of nitrogens with one attached hydrogen (secondary N) is 2. The molecule has 7 heteroatoms. The second kappa shape index (κ2) is 5.37. The number of hydrogen-bond acceptors (Lipinski definition) is 6. The van der Waals surface area contributed by atoms with Crippen molar-refractivity contribution in [3.8, 4) is 0 Å². The monoisotopic (exact) mass is 249 g/mol. The molecule has 0 saturated carbocycles. The number of nitrogens with two attached hydrogens (primary N) is 1. The van der Waals surface area contributed by atoms with E-state index in [1.54, 1.807) is 17.6 Å². The number of nitrogens with zero attached hydrogens (tertiary/aromatic N) is 2. The van der Waals surface area contributed by atoms with Crippen LogP contribution in [0.3, 0.4) is 0 Å². The molecule has 0 radical (unpaired) electrons. The first-order valence-electron chi connectivity index (χ1n) is 4.87. The van der Waals surface area contributed by atoms with Crippen LogP contribution in [0, 0.1) is 0 Å². The lowest BCUT2D eigenvalue weighted by molar-refractivity contribution is 0.0950. The van der Waals surface area contributed by atoms with Gasteiger partial charge in [0.1, 0.15) is 5.82 Å². The third-order valence-electron chi connectivity index (χ3n) is 2.08. The summed E-state index contributed by atoms with van der Waals surface area (Å²) in [5.41, 5.74) is 5.46. The Morgan fingerprint density at radius 1 is 1.47 bits per heavy atom. The molecule has 0 aliphatic rings. The third-order valence-corrected chi connectivity index (χ3v) is 2.72. The molecule has 88 valence electrons. The number of carbonyl (C=O) groups excluding carboxylic acids is 1. The maximum absolute atomic E-state index is 11.8. The van der Waals surface area contributed by atoms with Gasteiger partial charge in [0.05, 0.1) is 17.7 Å². The molecule has 0 atom stereocenters. The van der Waals surface area contributed by atoms with E-state index in [9.17, 15) is 4.79 Å². The molecule has 2 heterocycles. The minimum atomic E-state index is -0.183. The fourth-order valence-electron chi connectivity index (χ4n) is 1.25. The quantitative estimate of drug-likeness (QED) is 0.549. The van der Waals surface area contributed by atoms with Crippen molar-refractivity contribution < 1.29 is 4.79 Å². The number of amides is 1. The largest absolute Gasteiger partial charge is 0.346 e. The van der Waals surface area contributed by atoms with Gasteiger partial charge in [-0.1, -0.05) is 0 Å². The van der Waals surface area contributed by atoms with Crippen LogP contribution in [0.15, 0.2) is 29.2 Å². The van der Waals surface area contributed by atoms with Crippen LogP contribution in [-0.4, -0.2) is 15.9 Å². The maximum Gasteiger partial charge on any atom is 0.251 e. The molecule has 6 nitrogen and oxygen atoms in total. The third kappa shape index (κ3) is 2.99. The molecule has 2 aromatic heterocycles. The molecule has 2 rings (SSSR count). The van der Waals surface area contributed by atoms with Crippen LogP contribution in [0.2, 0.25) is 0 Å². The molecule has 0 saturated heterocycles. The van der Waals surface area contributed by atoms with Crippen molar-refractivity contribution in [3.63, 3.8) is 0 Å². The average Bonchev–Trinajstić information content (AvgIpc) is 2.89. The first-order chi connectivity index (χ1) is 8.29.